The summed E-state index contributed by atoms with van der Waals surface area (Å²) < 4.78 is 5.31. The van der Waals surface area contributed by atoms with E-state index < -0.39 is 0 Å². The predicted molar refractivity (Wildman–Crippen MR) is 79.2 cm³/mol. The first-order valence-electron chi connectivity index (χ1n) is 6.89. The van der Waals surface area contributed by atoms with Crippen molar-refractivity contribution in [2.75, 3.05) is 6.54 Å². The van der Waals surface area contributed by atoms with Gasteiger partial charge in [-0.1, -0.05) is 47.6 Å². The van der Waals surface area contributed by atoms with Crippen molar-refractivity contribution in [2.45, 2.75) is 19.3 Å². The van der Waals surface area contributed by atoms with Gasteiger partial charge in [0.15, 0.2) is 0 Å². The fraction of sp³-hybridized carbons (Fsp3) is 0.250. The molecule has 0 aliphatic rings. The molecular formula is C16H17N3O. The molecule has 3 rings (SSSR count). The van der Waals surface area contributed by atoms with Crippen LogP contribution in [0.5, 0.6) is 0 Å². The van der Waals surface area contributed by atoms with E-state index in [0.29, 0.717) is 18.3 Å². The lowest BCUT2D eigenvalue weighted by atomic mass is 10.0. The number of nitrogens with zero attached hydrogens (tertiary/aromatic N) is 2. The van der Waals surface area contributed by atoms with Gasteiger partial charge in [-0.15, -0.1) is 0 Å². The summed E-state index contributed by atoms with van der Waals surface area (Å²) in [6.07, 6.45) is 2.74. The van der Waals surface area contributed by atoms with Crippen molar-refractivity contribution in [3.05, 3.63) is 48.4 Å². The number of hydrogen-bond acceptors (Lipinski definition) is 4. The molecule has 20 heavy (non-hydrogen) atoms. The van der Waals surface area contributed by atoms with Gasteiger partial charge in [0, 0.05) is 12.0 Å². The van der Waals surface area contributed by atoms with Gasteiger partial charge in [-0.3, -0.25) is 0 Å². The average molecular weight is 267 g/mol. The summed E-state index contributed by atoms with van der Waals surface area (Å²) in [7, 11) is 0. The molecule has 2 aromatic carbocycles. The zero-order valence-corrected chi connectivity index (χ0v) is 11.2. The minimum absolute atomic E-state index is 0.657. The van der Waals surface area contributed by atoms with E-state index in [1.807, 2.05) is 24.3 Å². The number of unbranched alkanes of at least 4 members (excludes halogenated alkanes) is 1. The monoisotopic (exact) mass is 267 g/mol. The Balaban J connectivity index is 1.91. The Morgan fingerprint density at radius 1 is 1.00 bits per heavy atom. The van der Waals surface area contributed by atoms with Gasteiger partial charge in [-0.25, -0.2) is 0 Å². The number of nitrogens with two attached hydrogens (primary N) is 1. The molecule has 0 spiro atoms. The lowest BCUT2D eigenvalue weighted by molar-refractivity contribution is 0.375. The number of fused-ring (bicyclic) bond motifs is 1. The van der Waals surface area contributed by atoms with Gasteiger partial charge in [0.1, 0.15) is 0 Å². The molecule has 1 aromatic heterocycles. The molecular weight excluding hydrogens is 250 g/mol. The third kappa shape index (κ3) is 2.56. The minimum Gasteiger partial charge on any atom is -0.339 e. The highest BCUT2D eigenvalue weighted by Crippen LogP contribution is 2.26. The average Bonchev–Trinajstić information content (AvgIpc) is 2.96. The standard InChI is InChI=1S/C16H17N3O/c17-11-4-3-10-15-18-16(19-20-15)14-9-5-7-12-6-1-2-8-13(12)14/h1-2,5-9H,3-4,10-11,17H2. The number of benzene rings is 2. The lowest BCUT2D eigenvalue weighted by Gasteiger charge is -2.01. The van der Waals surface area contributed by atoms with E-state index in [2.05, 4.69) is 28.3 Å². The van der Waals surface area contributed by atoms with Crippen molar-refractivity contribution in [3.8, 4) is 11.4 Å². The molecule has 2 N–H and O–H groups in total. The van der Waals surface area contributed by atoms with Crippen molar-refractivity contribution in [3.63, 3.8) is 0 Å². The number of hydrogen-bond donors (Lipinski definition) is 1. The van der Waals surface area contributed by atoms with Crippen molar-refractivity contribution < 1.29 is 4.52 Å². The minimum atomic E-state index is 0.657. The largest absolute Gasteiger partial charge is 0.339 e. The van der Waals surface area contributed by atoms with Crippen LogP contribution in [0.4, 0.5) is 0 Å². The quantitative estimate of drug-likeness (QED) is 0.721. The number of aryl methyl sites for hydroxylation is 1. The molecule has 1 heterocycles. The maximum atomic E-state index is 5.48. The Kier molecular flexibility index (Phi) is 3.74. The molecule has 3 aromatic rings. The first-order valence-corrected chi connectivity index (χ1v) is 6.89. The summed E-state index contributed by atoms with van der Waals surface area (Å²) in [5, 5.41) is 6.42. The first-order chi connectivity index (χ1) is 9.88. The van der Waals surface area contributed by atoms with Crippen LogP contribution < -0.4 is 5.73 Å². The fourth-order valence-corrected chi connectivity index (χ4v) is 2.31. The predicted octanol–water partition coefficient (Wildman–Crippen LogP) is 3.17. The second-order valence-electron chi connectivity index (χ2n) is 4.78. The summed E-state index contributed by atoms with van der Waals surface area (Å²) in [5.74, 6) is 1.34. The van der Waals surface area contributed by atoms with Crippen LogP contribution in [0.15, 0.2) is 47.0 Å². The van der Waals surface area contributed by atoms with Gasteiger partial charge in [-0.05, 0) is 30.2 Å². The highest BCUT2D eigenvalue weighted by molar-refractivity contribution is 5.94. The van der Waals surface area contributed by atoms with Crippen LogP contribution in [0.1, 0.15) is 18.7 Å². The van der Waals surface area contributed by atoms with Gasteiger partial charge in [0.2, 0.25) is 11.7 Å². The van der Waals surface area contributed by atoms with Crippen molar-refractivity contribution in [1.29, 1.82) is 0 Å². The molecule has 4 nitrogen and oxygen atoms in total. The number of rotatable bonds is 5. The third-order valence-electron chi connectivity index (χ3n) is 3.34. The van der Waals surface area contributed by atoms with E-state index in [0.717, 1.165) is 30.2 Å². The Hall–Kier alpha value is -2.20. The number of aromatic nitrogens is 2. The summed E-state index contributed by atoms with van der Waals surface area (Å²) in [4.78, 5) is 4.48. The highest BCUT2D eigenvalue weighted by atomic mass is 16.5. The van der Waals surface area contributed by atoms with Crippen molar-refractivity contribution in [1.82, 2.24) is 10.1 Å². The van der Waals surface area contributed by atoms with E-state index in [1.54, 1.807) is 0 Å². The molecule has 0 aliphatic heterocycles. The van der Waals surface area contributed by atoms with E-state index in [4.69, 9.17) is 10.3 Å². The topological polar surface area (TPSA) is 64.9 Å². The summed E-state index contributed by atoms with van der Waals surface area (Å²) in [6.45, 7) is 0.699. The van der Waals surface area contributed by atoms with E-state index >= 15 is 0 Å². The zero-order valence-electron chi connectivity index (χ0n) is 11.2. The molecule has 0 fully saturated rings. The zero-order chi connectivity index (χ0) is 13.8. The van der Waals surface area contributed by atoms with Crippen molar-refractivity contribution in [2.24, 2.45) is 5.73 Å². The smallest absolute Gasteiger partial charge is 0.226 e. The van der Waals surface area contributed by atoms with Gasteiger partial charge < -0.3 is 10.3 Å². The van der Waals surface area contributed by atoms with E-state index in [-0.39, 0.29) is 0 Å². The SMILES string of the molecule is NCCCCc1nc(-c2cccc3ccccc23)no1. The Morgan fingerprint density at radius 3 is 2.75 bits per heavy atom. The van der Waals surface area contributed by atoms with Crippen LogP contribution >= 0.6 is 0 Å². The molecule has 0 bridgehead atoms. The first kappa shape index (κ1) is 12.8. The fourth-order valence-electron chi connectivity index (χ4n) is 2.31. The van der Waals surface area contributed by atoms with Gasteiger partial charge in [0.25, 0.3) is 0 Å². The Morgan fingerprint density at radius 2 is 1.85 bits per heavy atom. The second-order valence-corrected chi connectivity index (χ2v) is 4.78. The van der Waals surface area contributed by atoms with Gasteiger partial charge in [0.05, 0.1) is 0 Å². The Labute approximate surface area is 117 Å². The van der Waals surface area contributed by atoms with Gasteiger partial charge in [-0.2, -0.15) is 4.98 Å². The molecule has 102 valence electrons. The molecule has 4 heteroatoms. The molecule has 0 radical (unpaired) electrons. The molecule has 0 atom stereocenters. The van der Waals surface area contributed by atoms with Crippen LogP contribution in [-0.2, 0) is 6.42 Å². The molecule has 0 saturated heterocycles. The third-order valence-corrected chi connectivity index (χ3v) is 3.34. The Bertz CT molecular complexity index is 700. The normalized spacial score (nSPS) is 11.1. The summed E-state index contributed by atoms with van der Waals surface area (Å²) in [6, 6.07) is 14.3. The molecule has 0 amide bonds. The molecule has 0 aliphatic carbocycles. The van der Waals surface area contributed by atoms with Crippen LogP contribution in [0, 0.1) is 0 Å². The maximum Gasteiger partial charge on any atom is 0.226 e. The van der Waals surface area contributed by atoms with Crippen LogP contribution in [0.2, 0.25) is 0 Å². The van der Waals surface area contributed by atoms with Crippen LogP contribution in [0.25, 0.3) is 22.2 Å². The second kappa shape index (κ2) is 5.84. The van der Waals surface area contributed by atoms with Gasteiger partial charge >= 0.3 is 0 Å². The highest BCUT2D eigenvalue weighted by Gasteiger charge is 2.10. The van der Waals surface area contributed by atoms with E-state index in [1.165, 1.54) is 5.39 Å². The van der Waals surface area contributed by atoms with E-state index in [9.17, 15) is 0 Å². The summed E-state index contributed by atoms with van der Waals surface area (Å²) >= 11 is 0. The summed E-state index contributed by atoms with van der Waals surface area (Å²) in [5.41, 5.74) is 6.50. The van der Waals surface area contributed by atoms with Crippen LogP contribution in [0.3, 0.4) is 0 Å². The lowest BCUT2D eigenvalue weighted by Crippen LogP contribution is -1.99. The van der Waals surface area contributed by atoms with Crippen LogP contribution in [-0.4, -0.2) is 16.7 Å². The maximum absolute atomic E-state index is 5.48. The molecule has 0 unspecified atom stereocenters. The molecule has 0 saturated carbocycles. The van der Waals surface area contributed by atoms with Crippen molar-refractivity contribution >= 4 is 10.8 Å².